The number of fused-ring (bicyclic) bond motifs is 6. The summed E-state index contributed by atoms with van der Waals surface area (Å²) >= 11 is 0. The molecule has 0 fully saturated rings. The Morgan fingerprint density at radius 2 is 1.29 bits per heavy atom. The standard InChI is InChI=1S/C38H24N4/c39-23-25-13-17-29(18-14-25)41-36-19-15-26(24-40)21-33(36)34-22-27(16-20-37(34)41)30-10-6-11-32-31-9-4-5-12-35(31)42(38(30)32)28-7-2-1-3-8-28/h1-13,15-17,19-22H,14,18H2. The van der Waals surface area contributed by atoms with E-state index in [1.165, 1.54) is 21.8 Å². The molecule has 4 heteroatoms. The molecule has 4 nitrogen and oxygen atoms in total. The molecule has 7 aromatic rings. The van der Waals surface area contributed by atoms with Crippen LogP contribution < -0.4 is 0 Å². The predicted octanol–water partition coefficient (Wildman–Crippen LogP) is 9.51. The van der Waals surface area contributed by atoms with Crippen molar-refractivity contribution in [2.24, 2.45) is 0 Å². The SMILES string of the molecule is N#CC1=CC=C(n2c3ccc(C#N)cc3c3cc(-c4cccc5c6ccccc6n(-c6ccccc6)c45)ccc32)CC1. The maximum atomic E-state index is 9.73. The lowest BCUT2D eigenvalue weighted by molar-refractivity contribution is 0.951. The van der Waals surface area contributed by atoms with Gasteiger partial charge in [0.2, 0.25) is 0 Å². The summed E-state index contributed by atoms with van der Waals surface area (Å²) in [4.78, 5) is 0. The molecule has 0 unspecified atom stereocenters. The van der Waals surface area contributed by atoms with Crippen LogP contribution in [-0.2, 0) is 0 Å². The quantitative estimate of drug-likeness (QED) is 0.226. The topological polar surface area (TPSA) is 57.4 Å². The Balaban J connectivity index is 1.44. The molecule has 1 aliphatic carbocycles. The average molecular weight is 537 g/mol. The van der Waals surface area contributed by atoms with Crippen LogP contribution in [0.4, 0.5) is 0 Å². The highest BCUT2D eigenvalue weighted by Crippen LogP contribution is 2.41. The summed E-state index contributed by atoms with van der Waals surface area (Å²) < 4.78 is 4.66. The highest BCUT2D eigenvalue weighted by molar-refractivity contribution is 6.16. The fourth-order valence-corrected chi connectivity index (χ4v) is 6.57. The molecule has 2 heterocycles. The minimum atomic E-state index is 0.641. The Bertz CT molecular complexity index is 2370. The van der Waals surface area contributed by atoms with Gasteiger partial charge in [0, 0.05) is 44.1 Å². The average Bonchev–Trinajstić information content (AvgIpc) is 3.57. The second kappa shape index (κ2) is 9.37. The van der Waals surface area contributed by atoms with Crippen LogP contribution in [0.1, 0.15) is 18.4 Å². The molecule has 1 aliphatic rings. The maximum Gasteiger partial charge on any atom is 0.0991 e. The van der Waals surface area contributed by atoms with Gasteiger partial charge in [-0.15, -0.1) is 0 Å². The molecule has 0 atom stereocenters. The molecule has 5 aromatic carbocycles. The molecule has 0 spiro atoms. The summed E-state index contributed by atoms with van der Waals surface area (Å²) in [5.74, 6) is 0. The molecule has 0 saturated carbocycles. The molecule has 0 saturated heterocycles. The predicted molar refractivity (Wildman–Crippen MR) is 171 cm³/mol. The summed E-state index contributed by atoms with van der Waals surface area (Å²) in [5, 5.41) is 23.7. The number of aromatic nitrogens is 2. The van der Waals surface area contributed by atoms with E-state index in [4.69, 9.17) is 0 Å². The van der Waals surface area contributed by atoms with Crippen LogP contribution in [-0.4, -0.2) is 9.13 Å². The lowest BCUT2D eigenvalue weighted by atomic mass is 9.99. The lowest BCUT2D eigenvalue weighted by Crippen LogP contribution is -2.00. The third-order valence-electron chi connectivity index (χ3n) is 8.47. The summed E-state index contributed by atoms with van der Waals surface area (Å²) in [7, 11) is 0. The third kappa shape index (κ3) is 3.53. The van der Waals surface area contributed by atoms with Crippen LogP contribution in [0.25, 0.3) is 66.1 Å². The van der Waals surface area contributed by atoms with Crippen molar-refractivity contribution in [3.63, 3.8) is 0 Å². The van der Waals surface area contributed by atoms with E-state index in [2.05, 4.69) is 118 Å². The van der Waals surface area contributed by atoms with Crippen LogP contribution in [0.15, 0.2) is 127 Å². The van der Waals surface area contributed by atoms with Crippen LogP contribution in [0.3, 0.4) is 0 Å². The van der Waals surface area contributed by atoms with Crippen molar-refractivity contribution in [1.29, 1.82) is 10.5 Å². The number of benzene rings is 5. The van der Waals surface area contributed by atoms with Crippen LogP contribution >= 0.6 is 0 Å². The van der Waals surface area contributed by atoms with Gasteiger partial charge >= 0.3 is 0 Å². The summed E-state index contributed by atoms with van der Waals surface area (Å²) in [5.41, 5.74) is 10.5. The number of allylic oxidation sites excluding steroid dienone is 4. The van der Waals surface area contributed by atoms with Gasteiger partial charge in [-0.1, -0.05) is 60.7 Å². The van der Waals surface area contributed by atoms with E-state index in [0.29, 0.717) is 5.56 Å². The molecule has 42 heavy (non-hydrogen) atoms. The monoisotopic (exact) mass is 536 g/mol. The van der Waals surface area contributed by atoms with Crippen molar-refractivity contribution in [2.75, 3.05) is 0 Å². The molecule has 0 aliphatic heterocycles. The van der Waals surface area contributed by atoms with Crippen molar-refractivity contribution >= 4 is 49.3 Å². The molecular weight excluding hydrogens is 512 g/mol. The first-order valence-corrected chi connectivity index (χ1v) is 14.1. The van der Waals surface area contributed by atoms with Crippen LogP contribution in [0.5, 0.6) is 0 Å². The van der Waals surface area contributed by atoms with Gasteiger partial charge in [0.05, 0.1) is 39.8 Å². The van der Waals surface area contributed by atoms with Gasteiger partial charge in [0.1, 0.15) is 0 Å². The number of para-hydroxylation sites is 3. The van der Waals surface area contributed by atoms with E-state index >= 15 is 0 Å². The van der Waals surface area contributed by atoms with Crippen molar-refractivity contribution in [2.45, 2.75) is 12.8 Å². The van der Waals surface area contributed by atoms with Crippen LogP contribution in [0, 0.1) is 22.7 Å². The molecule has 0 bridgehead atoms. The Hall–Kier alpha value is -5.84. The lowest BCUT2D eigenvalue weighted by Gasteiger charge is -2.15. The number of hydrogen-bond donors (Lipinski definition) is 0. The normalized spacial score (nSPS) is 13.3. The summed E-state index contributed by atoms with van der Waals surface area (Å²) in [6.07, 6.45) is 5.50. The molecule has 2 aromatic heterocycles. The Morgan fingerprint density at radius 3 is 2.07 bits per heavy atom. The zero-order valence-corrected chi connectivity index (χ0v) is 22.8. The van der Waals surface area contributed by atoms with E-state index in [0.717, 1.165) is 62.7 Å². The van der Waals surface area contributed by atoms with Gasteiger partial charge < -0.3 is 9.13 Å². The molecule has 0 N–H and O–H groups in total. The Labute approximate surface area is 242 Å². The van der Waals surface area contributed by atoms with Crippen molar-refractivity contribution in [3.8, 4) is 29.0 Å². The zero-order chi connectivity index (χ0) is 28.2. The minimum Gasteiger partial charge on any atom is -0.313 e. The number of rotatable bonds is 3. The first-order valence-electron chi connectivity index (χ1n) is 14.1. The number of nitriles is 2. The third-order valence-corrected chi connectivity index (χ3v) is 8.47. The highest BCUT2D eigenvalue weighted by Gasteiger charge is 2.20. The molecule has 0 amide bonds. The highest BCUT2D eigenvalue weighted by atomic mass is 15.0. The van der Waals surface area contributed by atoms with E-state index in [1.807, 2.05) is 24.3 Å². The minimum absolute atomic E-state index is 0.641. The molecule has 0 radical (unpaired) electrons. The van der Waals surface area contributed by atoms with Crippen molar-refractivity contribution in [3.05, 3.63) is 132 Å². The van der Waals surface area contributed by atoms with E-state index in [1.54, 1.807) is 0 Å². The Morgan fingerprint density at radius 1 is 0.548 bits per heavy atom. The number of hydrogen-bond acceptors (Lipinski definition) is 2. The largest absolute Gasteiger partial charge is 0.313 e. The first kappa shape index (κ1) is 24.0. The summed E-state index contributed by atoms with van der Waals surface area (Å²) in [6, 6.07) is 42.9. The zero-order valence-electron chi connectivity index (χ0n) is 22.8. The van der Waals surface area contributed by atoms with E-state index in [9.17, 15) is 10.5 Å². The second-order valence-corrected chi connectivity index (χ2v) is 10.8. The van der Waals surface area contributed by atoms with E-state index < -0.39 is 0 Å². The fourth-order valence-electron chi connectivity index (χ4n) is 6.57. The van der Waals surface area contributed by atoms with Gasteiger partial charge in [-0.3, -0.25) is 0 Å². The fraction of sp³-hybridized carbons (Fsp3) is 0.0526. The van der Waals surface area contributed by atoms with Gasteiger partial charge in [-0.05, 0) is 79.1 Å². The van der Waals surface area contributed by atoms with Crippen LogP contribution in [0.2, 0.25) is 0 Å². The molecular formula is C38H24N4. The van der Waals surface area contributed by atoms with Gasteiger partial charge in [0.25, 0.3) is 0 Å². The second-order valence-electron chi connectivity index (χ2n) is 10.8. The smallest absolute Gasteiger partial charge is 0.0991 e. The van der Waals surface area contributed by atoms with Gasteiger partial charge in [0.15, 0.2) is 0 Å². The molecule has 8 rings (SSSR count). The van der Waals surface area contributed by atoms with E-state index in [-0.39, 0.29) is 0 Å². The Kier molecular flexibility index (Phi) is 5.36. The van der Waals surface area contributed by atoms with Crippen molar-refractivity contribution in [1.82, 2.24) is 9.13 Å². The van der Waals surface area contributed by atoms with Gasteiger partial charge in [-0.25, -0.2) is 0 Å². The van der Waals surface area contributed by atoms with Gasteiger partial charge in [-0.2, -0.15) is 10.5 Å². The van der Waals surface area contributed by atoms with Crippen molar-refractivity contribution < 1.29 is 0 Å². The number of nitrogens with zero attached hydrogens (tertiary/aromatic N) is 4. The molecule has 196 valence electrons. The summed E-state index contributed by atoms with van der Waals surface area (Å²) in [6.45, 7) is 0. The first-order chi connectivity index (χ1) is 20.7. The maximum absolute atomic E-state index is 9.73.